The maximum absolute atomic E-state index is 12.9. The normalized spacial score (nSPS) is 12.4. The number of esters is 3. The molecule has 0 aromatic carbocycles. The average Bonchev–Trinajstić information content (AvgIpc) is 3.29. The summed E-state index contributed by atoms with van der Waals surface area (Å²) in [5, 5.41) is 0. The molecular formula is C58H112O6. The Balaban J connectivity index is 4.29. The Morgan fingerprint density at radius 2 is 0.547 bits per heavy atom. The van der Waals surface area contributed by atoms with E-state index in [1.807, 2.05) is 0 Å². The highest BCUT2D eigenvalue weighted by molar-refractivity contribution is 5.71. The molecule has 0 bridgehead atoms. The molecule has 6 heteroatoms. The smallest absolute Gasteiger partial charge is 0.306 e. The number of ether oxygens (including phenoxy) is 3. The molecule has 0 heterocycles. The summed E-state index contributed by atoms with van der Waals surface area (Å²) in [7, 11) is 0. The highest BCUT2D eigenvalue weighted by atomic mass is 16.6. The molecule has 0 N–H and O–H groups in total. The Morgan fingerprint density at radius 1 is 0.312 bits per heavy atom. The lowest BCUT2D eigenvalue weighted by atomic mass is 9.99. The highest BCUT2D eigenvalue weighted by Crippen LogP contribution is 2.18. The summed E-state index contributed by atoms with van der Waals surface area (Å²) < 4.78 is 16.9. The lowest BCUT2D eigenvalue weighted by Gasteiger charge is -2.18. The molecule has 0 aromatic rings. The van der Waals surface area contributed by atoms with Crippen LogP contribution in [0.2, 0.25) is 0 Å². The van der Waals surface area contributed by atoms with E-state index >= 15 is 0 Å². The molecule has 0 aromatic heterocycles. The lowest BCUT2D eigenvalue weighted by Crippen LogP contribution is -2.30. The van der Waals surface area contributed by atoms with E-state index in [9.17, 15) is 14.4 Å². The third kappa shape index (κ3) is 49.8. The van der Waals surface area contributed by atoms with E-state index in [-0.39, 0.29) is 31.1 Å². The van der Waals surface area contributed by atoms with Crippen LogP contribution >= 0.6 is 0 Å². The quantitative estimate of drug-likeness (QED) is 0.0344. The molecule has 0 amide bonds. The van der Waals surface area contributed by atoms with Gasteiger partial charge in [-0.25, -0.2) is 0 Å². The molecule has 64 heavy (non-hydrogen) atoms. The van der Waals surface area contributed by atoms with E-state index in [4.69, 9.17) is 14.2 Å². The van der Waals surface area contributed by atoms with E-state index in [2.05, 4.69) is 27.7 Å². The molecule has 0 radical (unpaired) electrons. The summed E-state index contributed by atoms with van der Waals surface area (Å²) in [6, 6.07) is 0. The van der Waals surface area contributed by atoms with E-state index in [1.165, 1.54) is 225 Å². The topological polar surface area (TPSA) is 78.9 Å². The maximum Gasteiger partial charge on any atom is 0.306 e. The fourth-order valence-corrected chi connectivity index (χ4v) is 8.89. The minimum absolute atomic E-state index is 0.0618. The first-order valence-electron chi connectivity index (χ1n) is 28.9. The second-order valence-corrected chi connectivity index (χ2v) is 20.2. The molecule has 2 atom stereocenters. The van der Waals surface area contributed by atoms with Crippen LogP contribution < -0.4 is 0 Å². The molecule has 0 aliphatic heterocycles. The zero-order valence-corrected chi connectivity index (χ0v) is 43.8. The lowest BCUT2D eigenvalue weighted by molar-refractivity contribution is -0.167. The summed E-state index contributed by atoms with van der Waals surface area (Å²) in [4.78, 5) is 38.1. The van der Waals surface area contributed by atoms with Crippen LogP contribution in [0.5, 0.6) is 0 Å². The van der Waals surface area contributed by atoms with Gasteiger partial charge in [0.05, 0.1) is 0 Å². The second-order valence-electron chi connectivity index (χ2n) is 20.2. The van der Waals surface area contributed by atoms with Crippen molar-refractivity contribution in [1.29, 1.82) is 0 Å². The fraction of sp³-hybridized carbons (Fsp3) is 0.948. The van der Waals surface area contributed by atoms with Crippen molar-refractivity contribution in [3.05, 3.63) is 0 Å². The zero-order chi connectivity index (χ0) is 46.7. The van der Waals surface area contributed by atoms with Crippen LogP contribution in [0.4, 0.5) is 0 Å². The summed E-state index contributed by atoms with van der Waals surface area (Å²) in [6.07, 6.45) is 56.5. The first kappa shape index (κ1) is 62.4. The van der Waals surface area contributed by atoms with Crippen molar-refractivity contribution in [3.8, 4) is 0 Å². The predicted molar refractivity (Wildman–Crippen MR) is 275 cm³/mol. The van der Waals surface area contributed by atoms with Crippen LogP contribution in [-0.2, 0) is 28.6 Å². The van der Waals surface area contributed by atoms with Gasteiger partial charge in [0.2, 0.25) is 0 Å². The largest absolute Gasteiger partial charge is 0.462 e. The monoisotopic (exact) mass is 905 g/mol. The van der Waals surface area contributed by atoms with Gasteiger partial charge in [-0.2, -0.15) is 0 Å². The van der Waals surface area contributed by atoms with E-state index in [0.29, 0.717) is 19.3 Å². The molecule has 0 saturated heterocycles. The van der Waals surface area contributed by atoms with Crippen molar-refractivity contribution in [2.75, 3.05) is 13.2 Å². The molecule has 380 valence electrons. The Hall–Kier alpha value is -1.59. The number of hydrogen-bond donors (Lipinski definition) is 0. The van der Waals surface area contributed by atoms with Gasteiger partial charge >= 0.3 is 17.9 Å². The zero-order valence-electron chi connectivity index (χ0n) is 43.8. The molecule has 0 aliphatic rings. The molecule has 0 aliphatic carbocycles. The van der Waals surface area contributed by atoms with Crippen LogP contribution in [0, 0.1) is 5.92 Å². The van der Waals surface area contributed by atoms with Gasteiger partial charge in [0.1, 0.15) is 13.2 Å². The minimum Gasteiger partial charge on any atom is -0.462 e. The van der Waals surface area contributed by atoms with Crippen molar-refractivity contribution < 1.29 is 28.6 Å². The summed E-state index contributed by atoms with van der Waals surface area (Å²) in [5.74, 6) is 0.0595. The van der Waals surface area contributed by atoms with Crippen molar-refractivity contribution >= 4 is 17.9 Å². The summed E-state index contributed by atoms with van der Waals surface area (Å²) in [6.45, 7) is 9.10. The summed E-state index contributed by atoms with van der Waals surface area (Å²) in [5.41, 5.74) is 0. The van der Waals surface area contributed by atoms with E-state index in [1.54, 1.807) is 0 Å². The minimum atomic E-state index is -0.761. The molecule has 0 saturated carbocycles. The van der Waals surface area contributed by atoms with Crippen molar-refractivity contribution in [1.82, 2.24) is 0 Å². The van der Waals surface area contributed by atoms with Crippen LogP contribution in [0.15, 0.2) is 0 Å². The molecule has 0 rings (SSSR count). The van der Waals surface area contributed by atoms with Crippen LogP contribution in [-0.4, -0.2) is 37.2 Å². The average molecular weight is 906 g/mol. The van der Waals surface area contributed by atoms with Gasteiger partial charge in [-0.15, -0.1) is 0 Å². The van der Waals surface area contributed by atoms with Crippen LogP contribution in [0.1, 0.15) is 329 Å². The Labute approximate surface area is 399 Å². The Bertz CT molecular complexity index is 966. The van der Waals surface area contributed by atoms with E-state index in [0.717, 1.165) is 63.7 Å². The molecule has 0 fully saturated rings. The third-order valence-corrected chi connectivity index (χ3v) is 13.7. The van der Waals surface area contributed by atoms with Crippen molar-refractivity contribution in [2.24, 2.45) is 5.92 Å². The number of rotatable bonds is 53. The molecule has 1 unspecified atom stereocenters. The number of carbonyl (C=O) groups excluding carboxylic acids is 3. The number of hydrogen-bond acceptors (Lipinski definition) is 6. The van der Waals surface area contributed by atoms with Crippen LogP contribution in [0.25, 0.3) is 0 Å². The third-order valence-electron chi connectivity index (χ3n) is 13.7. The summed E-state index contributed by atoms with van der Waals surface area (Å²) >= 11 is 0. The predicted octanol–water partition coefficient (Wildman–Crippen LogP) is 19.0. The first-order valence-corrected chi connectivity index (χ1v) is 28.9. The van der Waals surface area contributed by atoms with Gasteiger partial charge in [-0.3, -0.25) is 14.4 Å². The highest BCUT2D eigenvalue weighted by Gasteiger charge is 2.19. The van der Waals surface area contributed by atoms with Gasteiger partial charge < -0.3 is 14.2 Å². The van der Waals surface area contributed by atoms with Gasteiger partial charge in [-0.05, 0) is 25.2 Å². The fourth-order valence-electron chi connectivity index (χ4n) is 8.89. The SMILES string of the molecule is CCCCCCCCCCCCCCCCCC(=O)OC[C@H](COC(=O)CCCCCCCCCCCCCCC)OC(=O)CCCCCCCCCCCCCCCCC(C)CC. The second kappa shape index (κ2) is 52.4. The molecule has 0 spiro atoms. The standard InChI is InChI=1S/C58H112O6/c1-5-8-10-12-14-16-18-20-21-26-30-34-38-42-46-50-57(60)63-53-55(52-62-56(59)49-45-41-37-33-29-24-19-17-15-13-11-9-6-2)64-58(61)51-47-43-39-35-31-27-23-22-25-28-32-36-40-44-48-54(4)7-3/h54-55H,5-53H2,1-4H3/t54?,55-/m0/s1. The van der Waals surface area contributed by atoms with Crippen LogP contribution in [0.3, 0.4) is 0 Å². The van der Waals surface area contributed by atoms with Gasteiger partial charge in [0.15, 0.2) is 6.10 Å². The Morgan fingerprint density at radius 3 is 0.812 bits per heavy atom. The van der Waals surface area contributed by atoms with E-state index < -0.39 is 6.10 Å². The van der Waals surface area contributed by atoms with Crippen molar-refractivity contribution in [2.45, 2.75) is 336 Å². The Kier molecular flexibility index (Phi) is 51.1. The van der Waals surface area contributed by atoms with Crippen molar-refractivity contribution in [3.63, 3.8) is 0 Å². The van der Waals surface area contributed by atoms with Gasteiger partial charge in [0, 0.05) is 19.3 Å². The molecular weight excluding hydrogens is 793 g/mol. The first-order chi connectivity index (χ1) is 31.4. The van der Waals surface area contributed by atoms with Gasteiger partial charge in [0.25, 0.3) is 0 Å². The maximum atomic E-state index is 12.9. The van der Waals surface area contributed by atoms with Gasteiger partial charge in [-0.1, -0.05) is 291 Å². The molecule has 6 nitrogen and oxygen atoms in total. The number of unbranched alkanes of at least 4 members (excludes halogenated alkanes) is 39. The number of carbonyl (C=O) groups is 3.